The lowest BCUT2D eigenvalue weighted by molar-refractivity contribution is -0.140. The Hall–Kier alpha value is -3.83. The molecule has 11 heteroatoms. The van der Waals surface area contributed by atoms with Crippen LogP contribution in [0.5, 0.6) is 0 Å². The number of carbonyl (C=O) groups excluding carboxylic acids is 2. The van der Waals surface area contributed by atoms with Crippen molar-refractivity contribution in [1.29, 1.82) is 0 Å². The summed E-state index contributed by atoms with van der Waals surface area (Å²) in [6, 6.07) is 18.4. The molecule has 0 unspecified atom stereocenters. The average Bonchev–Trinajstić information content (AvgIpc) is 2.95. The van der Waals surface area contributed by atoms with Crippen LogP contribution in [0.15, 0.2) is 78.9 Å². The van der Waals surface area contributed by atoms with Gasteiger partial charge in [-0.2, -0.15) is 12.7 Å². The maximum atomic E-state index is 14.8. The van der Waals surface area contributed by atoms with E-state index in [-0.39, 0.29) is 30.3 Å². The largest absolute Gasteiger partial charge is 0.352 e. The molecule has 0 radical (unpaired) electrons. The molecule has 0 aliphatic heterocycles. The normalized spacial score (nSPS) is 13.0. The van der Waals surface area contributed by atoms with Crippen molar-refractivity contribution < 1.29 is 26.8 Å². The first kappa shape index (κ1) is 31.7. The summed E-state index contributed by atoms with van der Waals surface area (Å²) in [4.78, 5) is 29.0. The number of hydrogen-bond donors (Lipinski definition) is 1. The quantitative estimate of drug-likeness (QED) is 0.326. The van der Waals surface area contributed by atoms with E-state index in [1.54, 1.807) is 6.07 Å². The molecule has 220 valence electrons. The summed E-state index contributed by atoms with van der Waals surface area (Å²) in [5.41, 5.74) is 0.987. The Bertz CT molecular complexity index is 1420. The molecule has 3 rings (SSSR count). The van der Waals surface area contributed by atoms with E-state index in [0.29, 0.717) is 6.42 Å². The molecule has 2 atom stereocenters. The van der Waals surface area contributed by atoms with Gasteiger partial charge in [0.1, 0.15) is 24.2 Å². The summed E-state index contributed by atoms with van der Waals surface area (Å²) < 4.78 is 56.9. The van der Waals surface area contributed by atoms with Gasteiger partial charge in [0.05, 0.1) is 5.69 Å². The van der Waals surface area contributed by atoms with Crippen molar-refractivity contribution in [2.75, 3.05) is 24.9 Å². The maximum absolute atomic E-state index is 14.8. The number of rotatable bonds is 13. The lowest BCUT2D eigenvalue weighted by Gasteiger charge is -2.35. The Labute approximate surface area is 240 Å². The molecule has 0 spiro atoms. The molecule has 0 aromatic heterocycles. The van der Waals surface area contributed by atoms with Crippen molar-refractivity contribution in [3.05, 3.63) is 102 Å². The minimum absolute atomic E-state index is 0.0583. The Morgan fingerprint density at radius 1 is 0.902 bits per heavy atom. The van der Waals surface area contributed by atoms with Gasteiger partial charge in [-0.15, -0.1) is 0 Å². The highest BCUT2D eigenvalue weighted by molar-refractivity contribution is 7.90. The van der Waals surface area contributed by atoms with Crippen LogP contribution in [0.25, 0.3) is 0 Å². The van der Waals surface area contributed by atoms with Gasteiger partial charge in [0.2, 0.25) is 11.8 Å². The summed E-state index contributed by atoms with van der Waals surface area (Å²) >= 11 is 0. The fourth-order valence-electron chi connectivity index (χ4n) is 4.13. The van der Waals surface area contributed by atoms with E-state index in [0.717, 1.165) is 26.3 Å². The van der Waals surface area contributed by atoms with Gasteiger partial charge in [0, 0.05) is 38.7 Å². The third-order valence-corrected chi connectivity index (χ3v) is 8.52. The standard InChI is InChI=1S/C30H36F2N4O4S/c1-5-22(2)33-30(38)28(19-23-11-7-6-8-12-23)35(20-24-13-9-10-14-27(24)32)29(37)21-36(41(39,40)34(3)4)26-17-15-25(31)16-18-26/h6-18,22,28H,5,19-21H2,1-4H3,(H,33,38)/t22-,28-/m0/s1. The minimum atomic E-state index is -4.22. The van der Waals surface area contributed by atoms with Crippen molar-refractivity contribution in [3.8, 4) is 0 Å². The molecule has 0 heterocycles. The third kappa shape index (κ3) is 8.34. The highest BCUT2D eigenvalue weighted by Crippen LogP contribution is 2.23. The smallest absolute Gasteiger partial charge is 0.304 e. The second-order valence-corrected chi connectivity index (χ2v) is 12.0. The molecule has 0 bridgehead atoms. The zero-order valence-corrected chi connectivity index (χ0v) is 24.4. The number of benzene rings is 3. The van der Waals surface area contributed by atoms with Crippen molar-refractivity contribution in [2.24, 2.45) is 0 Å². The Balaban J connectivity index is 2.10. The topological polar surface area (TPSA) is 90.0 Å². The van der Waals surface area contributed by atoms with Gasteiger partial charge in [-0.3, -0.25) is 9.59 Å². The molecule has 41 heavy (non-hydrogen) atoms. The van der Waals surface area contributed by atoms with Gasteiger partial charge in [-0.1, -0.05) is 55.5 Å². The van der Waals surface area contributed by atoms with Crippen molar-refractivity contribution >= 4 is 27.7 Å². The predicted molar refractivity (Wildman–Crippen MR) is 155 cm³/mol. The second kappa shape index (κ2) is 14.2. The Kier molecular flexibility index (Phi) is 11.0. The van der Waals surface area contributed by atoms with Gasteiger partial charge < -0.3 is 10.2 Å². The van der Waals surface area contributed by atoms with Crippen LogP contribution >= 0.6 is 0 Å². The number of nitrogens with zero attached hydrogens (tertiary/aromatic N) is 3. The Morgan fingerprint density at radius 2 is 1.51 bits per heavy atom. The molecule has 8 nitrogen and oxygen atoms in total. The molecule has 2 amide bonds. The Morgan fingerprint density at radius 3 is 2.10 bits per heavy atom. The van der Waals surface area contributed by atoms with Gasteiger partial charge in [-0.25, -0.2) is 13.1 Å². The molecule has 0 fully saturated rings. The SMILES string of the molecule is CC[C@H](C)NC(=O)[C@H](Cc1ccccc1)N(Cc1ccccc1F)C(=O)CN(c1ccc(F)cc1)S(=O)(=O)N(C)C. The van der Waals surface area contributed by atoms with E-state index in [4.69, 9.17) is 0 Å². The number of amides is 2. The first-order chi connectivity index (χ1) is 19.4. The van der Waals surface area contributed by atoms with Crippen molar-refractivity contribution in [2.45, 2.75) is 45.3 Å². The average molecular weight is 587 g/mol. The molecule has 0 aliphatic rings. The number of carbonyl (C=O) groups is 2. The number of halogens is 2. The monoisotopic (exact) mass is 586 g/mol. The first-order valence-electron chi connectivity index (χ1n) is 13.3. The zero-order chi connectivity index (χ0) is 30.2. The number of hydrogen-bond acceptors (Lipinski definition) is 4. The maximum Gasteiger partial charge on any atom is 0.304 e. The minimum Gasteiger partial charge on any atom is -0.352 e. The fourth-order valence-corrected chi connectivity index (χ4v) is 5.19. The molecule has 0 saturated carbocycles. The van der Waals surface area contributed by atoms with Crippen LogP contribution in [0.4, 0.5) is 14.5 Å². The first-order valence-corrected chi connectivity index (χ1v) is 14.7. The van der Waals surface area contributed by atoms with E-state index in [1.165, 1.54) is 49.3 Å². The lowest BCUT2D eigenvalue weighted by atomic mass is 10.0. The zero-order valence-electron chi connectivity index (χ0n) is 23.6. The van der Waals surface area contributed by atoms with E-state index in [1.807, 2.05) is 44.2 Å². The molecule has 3 aromatic carbocycles. The van der Waals surface area contributed by atoms with E-state index in [9.17, 15) is 26.8 Å². The summed E-state index contributed by atoms with van der Waals surface area (Å²) in [5, 5.41) is 2.92. The fraction of sp³-hybridized carbons (Fsp3) is 0.333. The van der Waals surface area contributed by atoms with E-state index >= 15 is 0 Å². The van der Waals surface area contributed by atoms with Gasteiger partial charge in [0.15, 0.2) is 0 Å². The summed E-state index contributed by atoms with van der Waals surface area (Å²) in [7, 11) is -1.60. The third-order valence-electron chi connectivity index (χ3n) is 6.70. The molecule has 3 aromatic rings. The summed E-state index contributed by atoms with van der Waals surface area (Å²) in [6.45, 7) is 2.76. The van der Waals surface area contributed by atoms with Crippen LogP contribution in [0.2, 0.25) is 0 Å². The van der Waals surface area contributed by atoms with Crippen LogP contribution < -0.4 is 9.62 Å². The summed E-state index contributed by atoms with van der Waals surface area (Å²) in [6.07, 6.45) is 0.755. The van der Waals surface area contributed by atoms with Crippen LogP contribution in [-0.2, 0) is 32.8 Å². The highest BCUT2D eigenvalue weighted by Gasteiger charge is 2.35. The van der Waals surface area contributed by atoms with Crippen molar-refractivity contribution in [1.82, 2.24) is 14.5 Å². The number of anilines is 1. The molecular weight excluding hydrogens is 550 g/mol. The molecule has 0 saturated heterocycles. The number of nitrogens with one attached hydrogen (secondary N) is 1. The van der Waals surface area contributed by atoms with Crippen LogP contribution in [0.1, 0.15) is 31.4 Å². The van der Waals surface area contributed by atoms with Gasteiger partial charge in [-0.05, 0) is 49.2 Å². The van der Waals surface area contributed by atoms with E-state index in [2.05, 4.69) is 5.32 Å². The summed E-state index contributed by atoms with van der Waals surface area (Å²) in [5.74, 6) is -2.32. The van der Waals surface area contributed by atoms with Crippen LogP contribution in [-0.4, -0.2) is 62.2 Å². The van der Waals surface area contributed by atoms with E-state index < -0.39 is 46.2 Å². The molecule has 0 aliphatic carbocycles. The van der Waals surface area contributed by atoms with Gasteiger partial charge >= 0.3 is 10.2 Å². The van der Waals surface area contributed by atoms with Crippen LogP contribution in [0.3, 0.4) is 0 Å². The highest BCUT2D eigenvalue weighted by atomic mass is 32.2. The molecule has 1 N–H and O–H groups in total. The second-order valence-electron chi connectivity index (χ2n) is 9.91. The molecular formula is C30H36F2N4O4S. The van der Waals surface area contributed by atoms with Gasteiger partial charge in [0.25, 0.3) is 0 Å². The van der Waals surface area contributed by atoms with Crippen LogP contribution in [0, 0.1) is 11.6 Å². The lowest BCUT2D eigenvalue weighted by Crippen LogP contribution is -2.55. The predicted octanol–water partition coefficient (Wildman–Crippen LogP) is 4.13. The van der Waals surface area contributed by atoms with Crippen molar-refractivity contribution in [3.63, 3.8) is 0 Å².